The van der Waals surface area contributed by atoms with Crippen molar-refractivity contribution >= 4 is 51.7 Å². The first kappa shape index (κ1) is 46.1. The number of aryl methyl sites for hydroxylation is 2. The van der Waals surface area contributed by atoms with E-state index in [2.05, 4.69) is 30.4 Å². The summed E-state index contributed by atoms with van der Waals surface area (Å²) in [5.74, 6) is -0.0168. The van der Waals surface area contributed by atoms with Crippen LogP contribution in [-0.2, 0) is 38.6 Å². The fraction of sp³-hybridized carbons (Fsp3) is 0.491. The Kier molecular flexibility index (Phi) is 12.6. The Bertz CT molecular complexity index is 2870. The first-order valence-corrected chi connectivity index (χ1v) is 25.2. The summed E-state index contributed by atoms with van der Waals surface area (Å²) < 4.78 is 39.7. The summed E-state index contributed by atoms with van der Waals surface area (Å²) >= 11 is 0. The fourth-order valence-corrected chi connectivity index (χ4v) is 11.9. The largest absolute Gasteiger partial charge is 0.375 e. The molecule has 2 N–H and O–H groups in total. The number of pyridine rings is 2. The van der Waals surface area contributed by atoms with Gasteiger partial charge in [-0.3, -0.25) is 34.2 Å². The van der Waals surface area contributed by atoms with Crippen molar-refractivity contribution < 1.29 is 32.7 Å². The Morgan fingerprint density at radius 1 is 0.729 bits per heavy atom. The molecular formula is C53H60F2N10O5. The Labute approximate surface area is 405 Å². The third kappa shape index (κ3) is 9.25. The van der Waals surface area contributed by atoms with Gasteiger partial charge in [-0.15, -0.1) is 0 Å². The van der Waals surface area contributed by atoms with Crippen molar-refractivity contribution in [3.8, 4) is 11.1 Å². The number of carbonyl (C=O) groups excluding carboxylic acids is 4. The number of likely N-dealkylation sites (tertiary alicyclic amines) is 1. The van der Waals surface area contributed by atoms with Crippen LogP contribution in [0.15, 0.2) is 54.9 Å². The van der Waals surface area contributed by atoms with Crippen molar-refractivity contribution in [1.82, 2.24) is 39.8 Å². The van der Waals surface area contributed by atoms with Crippen molar-refractivity contribution in [2.75, 3.05) is 49.5 Å². The Morgan fingerprint density at radius 2 is 1.51 bits per heavy atom. The monoisotopic (exact) mass is 954 g/mol. The second kappa shape index (κ2) is 19.1. The molecular weight excluding hydrogens is 895 g/mol. The maximum Gasteiger partial charge on any atom is 0.255 e. The highest BCUT2D eigenvalue weighted by molar-refractivity contribution is 6.05. The number of anilines is 3. The van der Waals surface area contributed by atoms with E-state index in [0.29, 0.717) is 65.8 Å². The number of carbonyl (C=O) groups is 4. The second-order valence-corrected chi connectivity index (χ2v) is 20.4. The van der Waals surface area contributed by atoms with Crippen molar-refractivity contribution in [3.63, 3.8) is 0 Å². The van der Waals surface area contributed by atoms with Crippen molar-refractivity contribution in [1.29, 1.82) is 0 Å². The third-order valence-corrected chi connectivity index (χ3v) is 15.8. The summed E-state index contributed by atoms with van der Waals surface area (Å²) in [5.41, 5.74) is 5.18. The van der Waals surface area contributed by atoms with E-state index in [9.17, 15) is 19.2 Å². The first-order chi connectivity index (χ1) is 33.9. The second-order valence-electron chi connectivity index (χ2n) is 20.4. The summed E-state index contributed by atoms with van der Waals surface area (Å²) in [7, 11) is 0. The minimum atomic E-state index is -0.776. The summed E-state index contributed by atoms with van der Waals surface area (Å²) in [5, 5.41) is 11.9. The summed E-state index contributed by atoms with van der Waals surface area (Å²) in [6.45, 7) is 9.12. The number of imide groups is 1. The van der Waals surface area contributed by atoms with Gasteiger partial charge in [0.2, 0.25) is 17.7 Å². The third-order valence-electron chi connectivity index (χ3n) is 15.8. The van der Waals surface area contributed by atoms with E-state index in [0.717, 1.165) is 98.9 Å². The van der Waals surface area contributed by atoms with Gasteiger partial charge < -0.3 is 29.7 Å². The van der Waals surface area contributed by atoms with E-state index in [1.165, 1.54) is 11.0 Å². The number of aromatic nitrogens is 4. The summed E-state index contributed by atoms with van der Waals surface area (Å²) in [4.78, 5) is 68.0. The molecule has 5 aromatic rings. The molecule has 1 atom stereocenters. The van der Waals surface area contributed by atoms with Gasteiger partial charge in [0.1, 0.15) is 24.2 Å². The first-order valence-electron chi connectivity index (χ1n) is 25.2. The highest BCUT2D eigenvalue weighted by Gasteiger charge is 2.41. The predicted octanol–water partition coefficient (Wildman–Crippen LogP) is 6.99. The van der Waals surface area contributed by atoms with Gasteiger partial charge in [-0.1, -0.05) is 0 Å². The maximum absolute atomic E-state index is 16.0. The number of rotatable bonds is 10. The van der Waals surface area contributed by atoms with Crippen molar-refractivity contribution in [3.05, 3.63) is 94.6 Å². The van der Waals surface area contributed by atoms with Crippen molar-refractivity contribution in [2.45, 2.75) is 122 Å². The molecule has 4 fully saturated rings. The Morgan fingerprint density at radius 3 is 2.29 bits per heavy atom. The quantitative estimate of drug-likeness (QED) is 0.139. The van der Waals surface area contributed by atoms with Crippen LogP contribution in [0.4, 0.5) is 26.1 Å². The van der Waals surface area contributed by atoms with Crippen LogP contribution in [0.1, 0.15) is 97.1 Å². The minimum Gasteiger partial charge on any atom is -0.375 e. The molecule has 366 valence electrons. The molecule has 15 nitrogen and oxygen atoms in total. The molecule has 1 saturated carbocycles. The summed E-state index contributed by atoms with van der Waals surface area (Å²) in [6.07, 6.45) is 12.7. The van der Waals surface area contributed by atoms with Crippen LogP contribution in [0.5, 0.6) is 0 Å². The molecule has 1 aliphatic carbocycles. The van der Waals surface area contributed by atoms with Crippen LogP contribution < -0.4 is 15.5 Å². The number of piperidine rings is 3. The average Bonchev–Trinajstić information content (AvgIpc) is 3.84. The van der Waals surface area contributed by atoms with Gasteiger partial charge >= 0.3 is 0 Å². The smallest absolute Gasteiger partial charge is 0.255 e. The van der Waals surface area contributed by atoms with E-state index in [1.807, 2.05) is 47.7 Å². The lowest BCUT2D eigenvalue weighted by Crippen LogP contribution is -2.52. The molecule has 70 heavy (non-hydrogen) atoms. The van der Waals surface area contributed by atoms with Crippen LogP contribution in [0.2, 0.25) is 0 Å². The molecule has 6 aliphatic rings. The van der Waals surface area contributed by atoms with E-state index in [4.69, 9.17) is 9.84 Å². The number of benzene rings is 2. The number of amides is 4. The maximum atomic E-state index is 16.0. The highest BCUT2D eigenvalue weighted by Crippen LogP contribution is 2.37. The standard InChI is InChI=1S/C53H60F2N10O5/c1-31-21-32(2)56-27-42(31)41-22-34-24-47(57-26-35(34)23-44(41)54)58-48-25-37-13-20-63(50(67)30-65(37)60-48)36-11-16-61(17-12-36)28-33-3-5-38(6-4-33)70-39-14-18-62(19-15-39)45-8-7-40-43(51(45)55)29-64(53(40)69)46-9-10-49(66)59-52(46)68/h7-8,21-27,33,36,38-39,46H,3-6,9-20,28-30H2,1-2H3,(H,57,58,60)(H,59,66,68). The fourth-order valence-electron chi connectivity index (χ4n) is 11.9. The number of hydrogen-bond donors (Lipinski definition) is 2. The lowest BCUT2D eigenvalue weighted by Gasteiger charge is -2.40. The molecule has 8 heterocycles. The molecule has 5 aliphatic heterocycles. The van der Waals surface area contributed by atoms with Crippen LogP contribution in [-0.4, -0.2) is 122 Å². The average molecular weight is 955 g/mol. The molecule has 0 bridgehead atoms. The van der Waals surface area contributed by atoms with E-state index in [-0.39, 0.29) is 73.3 Å². The van der Waals surface area contributed by atoms with Crippen LogP contribution in [0, 0.1) is 31.4 Å². The molecule has 11 rings (SSSR count). The Balaban J connectivity index is 0.609. The predicted molar refractivity (Wildman–Crippen MR) is 259 cm³/mol. The molecule has 0 spiro atoms. The lowest BCUT2D eigenvalue weighted by molar-refractivity contribution is -0.137. The van der Waals surface area contributed by atoms with E-state index >= 15 is 8.78 Å². The van der Waals surface area contributed by atoms with Gasteiger partial charge in [0.15, 0.2) is 11.6 Å². The number of ether oxygens (including phenoxy) is 1. The van der Waals surface area contributed by atoms with Crippen LogP contribution in [0.3, 0.4) is 0 Å². The molecule has 2 aromatic carbocycles. The molecule has 3 saturated heterocycles. The molecule has 0 radical (unpaired) electrons. The number of fused-ring (bicyclic) bond motifs is 3. The number of nitrogens with zero attached hydrogens (tertiary/aromatic N) is 8. The van der Waals surface area contributed by atoms with E-state index < -0.39 is 17.8 Å². The Hall–Kier alpha value is -6.33. The zero-order chi connectivity index (χ0) is 48.2. The lowest BCUT2D eigenvalue weighted by atomic mass is 9.86. The van der Waals surface area contributed by atoms with E-state index in [1.54, 1.807) is 24.5 Å². The molecule has 3 aromatic heterocycles. The van der Waals surface area contributed by atoms with Gasteiger partial charge in [0.05, 0.1) is 24.4 Å². The summed E-state index contributed by atoms with van der Waals surface area (Å²) in [6, 6.07) is 12.0. The van der Waals surface area contributed by atoms with Gasteiger partial charge in [-0.25, -0.2) is 13.8 Å². The SMILES string of the molecule is Cc1cc(C)c(-c2cc3cc(Nc4cc5n(n4)CC(=O)N(C4CCN(CC6CCC(OC7CCN(c8ccc9c(c8F)CN(C8CCC(=O)NC8=O)C9=O)CC7)CC6)CC4)CC5)ncc3cc2F)cn1. The highest BCUT2D eigenvalue weighted by atomic mass is 19.1. The van der Waals surface area contributed by atoms with Crippen molar-refractivity contribution in [2.24, 2.45) is 5.92 Å². The number of hydrogen-bond acceptors (Lipinski definition) is 11. The van der Waals surface area contributed by atoms with Gasteiger partial charge in [-0.05, 0) is 125 Å². The van der Waals surface area contributed by atoms with Gasteiger partial charge in [0, 0.05) is 116 Å². The minimum absolute atomic E-state index is 0.0193. The molecule has 1 unspecified atom stereocenters. The zero-order valence-corrected chi connectivity index (χ0v) is 39.9. The topological polar surface area (TPSA) is 158 Å². The number of halogens is 2. The molecule has 17 heteroatoms. The molecule has 4 amide bonds. The normalized spacial score (nSPS) is 22.9. The zero-order valence-electron chi connectivity index (χ0n) is 39.9. The number of nitrogens with one attached hydrogen (secondary N) is 2. The van der Waals surface area contributed by atoms with Gasteiger partial charge in [-0.2, -0.15) is 5.10 Å². The van der Waals surface area contributed by atoms with Gasteiger partial charge in [0.25, 0.3) is 5.91 Å². The van der Waals surface area contributed by atoms with Crippen LogP contribution >= 0.6 is 0 Å². The van der Waals surface area contributed by atoms with Crippen LogP contribution in [0.25, 0.3) is 21.9 Å².